The number of thioether (sulfide) groups is 1. The number of carbonyl (C=O) groups is 2. The number of halogens is 1. The Balaban J connectivity index is 1.82. The van der Waals surface area contributed by atoms with Gasteiger partial charge in [-0.25, -0.2) is 0 Å². The van der Waals surface area contributed by atoms with Crippen LogP contribution in [-0.2, 0) is 9.59 Å². The first-order valence-corrected chi connectivity index (χ1v) is 9.45. The fraction of sp³-hybridized carbons (Fsp3) is 0.263. The van der Waals surface area contributed by atoms with E-state index >= 15 is 0 Å². The minimum absolute atomic E-state index is 0.168. The van der Waals surface area contributed by atoms with Crippen LogP contribution in [0.15, 0.2) is 42.5 Å². The lowest BCUT2D eigenvalue weighted by Gasteiger charge is -2.14. The maximum absolute atomic E-state index is 12.3. The van der Waals surface area contributed by atoms with Crippen molar-refractivity contribution in [1.82, 2.24) is 0 Å². The van der Waals surface area contributed by atoms with Crippen LogP contribution in [0, 0.1) is 6.92 Å². The highest BCUT2D eigenvalue weighted by Crippen LogP contribution is 2.24. The Morgan fingerprint density at radius 3 is 2.50 bits per heavy atom. The Bertz CT molecular complexity index is 781. The standard InChI is InChI=1S/C19H21ClN2O3S/c1-12-16(20)5-4-6-17(12)22-19(24)13(2)26-11-18(23)21-14-7-9-15(25-3)10-8-14/h4-10,13H,11H2,1-3H3,(H,21,23)(H,22,24). The quantitative estimate of drug-likeness (QED) is 0.734. The summed E-state index contributed by atoms with van der Waals surface area (Å²) in [6.07, 6.45) is 0. The second-order valence-electron chi connectivity index (χ2n) is 5.63. The van der Waals surface area contributed by atoms with Gasteiger partial charge in [0, 0.05) is 16.4 Å². The van der Waals surface area contributed by atoms with E-state index in [0.717, 1.165) is 11.3 Å². The molecule has 2 amide bonds. The average Bonchev–Trinajstić information content (AvgIpc) is 2.64. The van der Waals surface area contributed by atoms with Crippen molar-refractivity contribution in [3.63, 3.8) is 0 Å². The molecular weight excluding hydrogens is 372 g/mol. The van der Waals surface area contributed by atoms with E-state index in [2.05, 4.69) is 10.6 Å². The van der Waals surface area contributed by atoms with E-state index in [4.69, 9.17) is 16.3 Å². The van der Waals surface area contributed by atoms with Crippen molar-refractivity contribution in [1.29, 1.82) is 0 Å². The Morgan fingerprint density at radius 1 is 1.15 bits per heavy atom. The number of nitrogens with one attached hydrogen (secondary N) is 2. The normalized spacial score (nSPS) is 11.5. The molecule has 0 saturated carbocycles. The summed E-state index contributed by atoms with van der Waals surface area (Å²) in [5.41, 5.74) is 2.18. The number of anilines is 2. The summed E-state index contributed by atoms with van der Waals surface area (Å²) in [6, 6.07) is 12.4. The topological polar surface area (TPSA) is 67.4 Å². The second kappa shape index (κ2) is 9.50. The van der Waals surface area contributed by atoms with Gasteiger partial charge in [0.15, 0.2) is 0 Å². The highest BCUT2D eigenvalue weighted by atomic mass is 35.5. The number of hydrogen-bond donors (Lipinski definition) is 2. The zero-order chi connectivity index (χ0) is 19.1. The monoisotopic (exact) mass is 392 g/mol. The Morgan fingerprint density at radius 2 is 1.85 bits per heavy atom. The van der Waals surface area contributed by atoms with Gasteiger partial charge in [0.05, 0.1) is 18.1 Å². The van der Waals surface area contributed by atoms with Crippen molar-refractivity contribution in [2.24, 2.45) is 0 Å². The van der Waals surface area contributed by atoms with E-state index in [-0.39, 0.29) is 22.8 Å². The van der Waals surface area contributed by atoms with E-state index in [1.807, 2.05) is 6.92 Å². The van der Waals surface area contributed by atoms with Crippen LogP contribution in [0.4, 0.5) is 11.4 Å². The van der Waals surface area contributed by atoms with E-state index in [1.165, 1.54) is 11.8 Å². The first kappa shape index (κ1) is 20.1. The molecule has 7 heteroatoms. The minimum Gasteiger partial charge on any atom is -0.497 e. The number of ether oxygens (including phenoxy) is 1. The zero-order valence-corrected chi connectivity index (χ0v) is 16.4. The number of carbonyl (C=O) groups excluding carboxylic acids is 2. The molecule has 5 nitrogen and oxygen atoms in total. The molecular formula is C19H21ClN2O3S. The third-order valence-corrected chi connectivity index (χ3v) is 5.29. The number of rotatable bonds is 7. The summed E-state index contributed by atoms with van der Waals surface area (Å²) < 4.78 is 5.07. The van der Waals surface area contributed by atoms with Gasteiger partial charge >= 0.3 is 0 Å². The summed E-state index contributed by atoms with van der Waals surface area (Å²) in [6.45, 7) is 3.61. The predicted octanol–water partition coefficient (Wildman–Crippen LogP) is 4.36. The van der Waals surface area contributed by atoms with Crippen molar-refractivity contribution in [3.8, 4) is 5.75 Å². The van der Waals surface area contributed by atoms with Crippen LogP contribution < -0.4 is 15.4 Å². The minimum atomic E-state index is -0.380. The van der Waals surface area contributed by atoms with Gasteiger partial charge in [-0.1, -0.05) is 17.7 Å². The third-order valence-electron chi connectivity index (χ3n) is 3.73. The summed E-state index contributed by atoms with van der Waals surface area (Å²) >= 11 is 7.33. The predicted molar refractivity (Wildman–Crippen MR) is 108 cm³/mol. The zero-order valence-electron chi connectivity index (χ0n) is 14.8. The maximum Gasteiger partial charge on any atom is 0.237 e. The lowest BCUT2D eigenvalue weighted by molar-refractivity contribution is -0.115. The van der Waals surface area contributed by atoms with Crippen LogP contribution in [0.25, 0.3) is 0 Å². The van der Waals surface area contributed by atoms with Crippen molar-refractivity contribution in [2.75, 3.05) is 23.5 Å². The van der Waals surface area contributed by atoms with E-state index in [1.54, 1.807) is 56.5 Å². The molecule has 2 aromatic carbocycles. The highest BCUT2D eigenvalue weighted by Gasteiger charge is 2.16. The largest absolute Gasteiger partial charge is 0.497 e. The van der Waals surface area contributed by atoms with Gasteiger partial charge in [-0.3, -0.25) is 9.59 Å². The molecule has 0 bridgehead atoms. The molecule has 0 radical (unpaired) electrons. The van der Waals surface area contributed by atoms with Gasteiger partial charge in [0.2, 0.25) is 11.8 Å². The first-order valence-electron chi connectivity index (χ1n) is 8.02. The summed E-state index contributed by atoms with van der Waals surface area (Å²) in [5.74, 6) is 0.560. The number of methoxy groups -OCH3 is 1. The van der Waals surface area contributed by atoms with Crippen LogP contribution in [0.5, 0.6) is 5.75 Å². The molecule has 0 aliphatic heterocycles. The Hall–Kier alpha value is -2.18. The van der Waals surface area contributed by atoms with Crippen LogP contribution in [-0.4, -0.2) is 29.9 Å². The van der Waals surface area contributed by atoms with Crippen molar-refractivity contribution < 1.29 is 14.3 Å². The fourth-order valence-corrected chi connectivity index (χ4v) is 2.98. The molecule has 0 aliphatic carbocycles. The van der Waals surface area contributed by atoms with Crippen LogP contribution >= 0.6 is 23.4 Å². The fourth-order valence-electron chi connectivity index (χ4n) is 2.13. The molecule has 0 heterocycles. The third kappa shape index (κ3) is 5.68. The maximum atomic E-state index is 12.3. The molecule has 2 rings (SSSR count). The number of hydrogen-bond acceptors (Lipinski definition) is 4. The molecule has 0 spiro atoms. The van der Waals surface area contributed by atoms with Crippen LogP contribution in [0.3, 0.4) is 0 Å². The van der Waals surface area contributed by atoms with E-state index in [9.17, 15) is 9.59 Å². The number of benzene rings is 2. The van der Waals surface area contributed by atoms with Crippen molar-refractivity contribution >= 4 is 46.6 Å². The molecule has 2 N–H and O–H groups in total. The SMILES string of the molecule is COc1ccc(NC(=O)CSC(C)C(=O)Nc2cccc(Cl)c2C)cc1. The number of amides is 2. The van der Waals surface area contributed by atoms with Crippen LogP contribution in [0.1, 0.15) is 12.5 Å². The van der Waals surface area contributed by atoms with Gasteiger partial charge in [-0.15, -0.1) is 11.8 Å². The molecule has 26 heavy (non-hydrogen) atoms. The van der Waals surface area contributed by atoms with Crippen molar-refractivity contribution in [2.45, 2.75) is 19.1 Å². The molecule has 1 unspecified atom stereocenters. The van der Waals surface area contributed by atoms with Crippen LogP contribution in [0.2, 0.25) is 5.02 Å². The molecule has 0 aliphatic rings. The van der Waals surface area contributed by atoms with Gasteiger partial charge in [-0.05, 0) is 55.8 Å². The first-order chi connectivity index (χ1) is 12.4. The van der Waals surface area contributed by atoms with E-state index < -0.39 is 0 Å². The van der Waals surface area contributed by atoms with Gasteiger partial charge in [0.1, 0.15) is 5.75 Å². The second-order valence-corrected chi connectivity index (χ2v) is 7.37. The van der Waals surface area contributed by atoms with Gasteiger partial charge in [0.25, 0.3) is 0 Å². The lowest BCUT2D eigenvalue weighted by Crippen LogP contribution is -2.25. The molecule has 0 aromatic heterocycles. The summed E-state index contributed by atoms with van der Waals surface area (Å²) in [5, 5.41) is 5.86. The van der Waals surface area contributed by atoms with Crippen molar-refractivity contribution in [3.05, 3.63) is 53.1 Å². The Kier molecular flexibility index (Phi) is 7.36. The summed E-state index contributed by atoms with van der Waals surface area (Å²) in [7, 11) is 1.58. The average molecular weight is 393 g/mol. The van der Waals surface area contributed by atoms with E-state index in [0.29, 0.717) is 16.4 Å². The van der Waals surface area contributed by atoms with Gasteiger partial charge < -0.3 is 15.4 Å². The molecule has 1 atom stereocenters. The Labute approximate surface area is 162 Å². The molecule has 138 valence electrons. The smallest absolute Gasteiger partial charge is 0.237 e. The highest BCUT2D eigenvalue weighted by molar-refractivity contribution is 8.01. The molecule has 2 aromatic rings. The summed E-state index contributed by atoms with van der Waals surface area (Å²) in [4.78, 5) is 24.3. The van der Waals surface area contributed by atoms with Gasteiger partial charge in [-0.2, -0.15) is 0 Å². The lowest BCUT2D eigenvalue weighted by atomic mass is 10.2. The molecule has 0 saturated heterocycles. The molecule has 0 fully saturated rings.